The van der Waals surface area contributed by atoms with Gasteiger partial charge >= 0.3 is 12.2 Å². The molecule has 0 aliphatic carbocycles. The van der Waals surface area contributed by atoms with Crippen molar-refractivity contribution >= 4 is 35.4 Å². The van der Waals surface area contributed by atoms with Crippen LogP contribution in [0.3, 0.4) is 0 Å². The van der Waals surface area contributed by atoms with E-state index in [2.05, 4.69) is 43.7 Å². The minimum Gasteiger partial charge on any atom is -0.453 e. The molecule has 2 saturated heterocycles. The van der Waals surface area contributed by atoms with E-state index < -0.39 is 24.3 Å². The zero-order chi connectivity index (χ0) is 41.5. The average molecular weight is 808 g/mol. The predicted molar refractivity (Wildman–Crippen MR) is 219 cm³/mol. The second kappa shape index (κ2) is 16.3. The number of rotatable bonds is 10. The van der Waals surface area contributed by atoms with E-state index in [0.717, 1.165) is 90.5 Å². The quantitative estimate of drug-likeness (QED) is 0.134. The van der Waals surface area contributed by atoms with Gasteiger partial charge < -0.3 is 49.5 Å². The van der Waals surface area contributed by atoms with Gasteiger partial charge in [-0.1, -0.05) is 27.7 Å². The van der Waals surface area contributed by atoms with Crippen molar-refractivity contribution < 1.29 is 33.4 Å². The molecule has 16 nitrogen and oxygen atoms in total. The molecule has 4 aromatic rings. The Morgan fingerprint density at radius 1 is 0.729 bits per heavy atom. The number of hydrogen-bond donors (Lipinski definition) is 4. The van der Waals surface area contributed by atoms with E-state index in [9.17, 15) is 19.2 Å². The number of aryl methyl sites for hydroxylation is 1. The summed E-state index contributed by atoms with van der Waals surface area (Å²) in [5.41, 5.74) is 6.79. The third-order valence-electron chi connectivity index (χ3n) is 12.0. The van der Waals surface area contributed by atoms with E-state index in [0.29, 0.717) is 24.7 Å². The number of aromatic amines is 2. The Morgan fingerprint density at radius 2 is 1.29 bits per heavy atom. The number of carbonyl (C=O) groups excluding carboxylic acids is 4. The van der Waals surface area contributed by atoms with Crippen LogP contribution in [0.25, 0.3) is 22.5 Å². The Kier molecular flexibility index (Phi) is 11.0. The molecule has 0 radical (unpaired) electrons. The van der Waals surface area contributed by atoms with Crippen LogP contribution in [0.1, 0.15) is 89.1 Å². The molecule has 0 spiro atoms. The molecule has 4 unspecified atom stereocenters. The molecule has 2 fully saturated rings. The van der Waals surface area contributed by atoms with Gasteiger partial charge in [-0.05, 0) is 86.3 Å². The van der Waals surface area contributed by atoms with Gasteiger partial charge in [-0.25, -0.2) is 19.6 Å². The highest BCUT2D eigenvalue weighted by molar-refractivity contribution is 5.88. The highest BCUT2D eigenvalue weighted by Crippen LogP contribution is 2.52. The number of methoxy groups -OCH3 is 2. The van der Waals surface area contributed by atoms with Crippen LogP contribution in [0.4, 0.5) is 21.0 Å². The number of nitrogens with zero attached hydrogens (tertiary/aromatic N) is 5. The number of fused-ring (bicyclic) bond motifs is 2. The molecule has 0 bridgehead atoms. The lowest BCUT2D eigenvalue weighted by molar-refractivity contribution is -0.136. The van der Waals surface area contributed by atoms with Crippen molar-refractivity contribution in [2.45, 2.75) is 90.4 Å². The van der Waals surface area contributed by atoms with Gasteiger partial charge in [0.25, 0.3) is 0 Å². The molecule has 2 aromatic heterocycles. The second-order valence-corrected chi connectivity index (χ2v) is 16.5. The third-order valence-corrected chi connectivity index (χ3v) is 12.0. The lowest BCUT2D eigenvalue weighted by atomic mass is 9.95. The first-order chi connectivity index (χ1) is 28.4. The molecule has 4 atom stereocenters. The number of imidazole rings is 2. The molecule has 16 heteroatoms. The summed E-state index contributed by atoms with van der Waals surface area (Å²) in [7, 11) is 2.58. The first-order valence-corrected chi connectivity index (χ1v) is 20.6. The standard InChI is InChI=1S/C43H53N9O7/c1-23(2)35(48-42(55)57-5)40(53)51-16-8-11-30(51)38-44-21-28(46-38)25-13-14-33-32(19-25)50-15-7-10-26-18-27(20-34(59-33)37(26)50)29-22-45-39(47-29)31-12-9-17-52(31)41(54)36(24(3)4)49-43(56)58-6/h13-14,18-24,30-31,35-36H,7-12,15-17H2,1-6H3,(H,44,46)(H,45,47)(H,48,55)(H,49,56). The smallest absolute Gasteiger partial charge is 0.407 e. The summed E-state index contributed by atoms with van der Waals surface area (Å²) in [5.74, 6) is 2.42. The summed E-state index contributed by atoms with van der Waals surface area (Å²) in [5, 5.41) is 5.42. The number of anilines is 2. The maximum absolute atomic E-state index is 13.7. The van der Waals surface area contributed by atoms with E-state index in [-0.39, 0.29) is 35.7 Å². The highest BCUT2D eigenvalue weighted by atomic mass is 16.5. The average Bonchev–Trinajstić information content (AvgIpc) is 4.08. The number of aromatic nitrogens is 4. The monoisotopic (exact) mass is 807 g/mol. The van der Waals surface area contributed by atoms with Gasteiger partial charge in [0.1, 0.15) is 23.7 Å². The molecule has 8 rings (SSSR count). The fraction of sp³-hybridized carbons (Fsp3) is 0.488. The van der Waals surface area contributed by atoms with Crippen LogP contribution in [-0.2, 0) is 25.5 Å². The normalized spacial score (nSPS) is 19.2. The number of likely N-dealkylation sites (tertiary alicyclic amines) is 2. The molecule has 312 valence electrons. The minimum atomic E-state index is -0.704. The van der Waals surface area contributed by atoms with Crippen LogP contribution < -0.4 is 20.3 Å². The van der Waals surface area contributed by atoms with E-state index in [1.807, 2.05) is 62.0 Å². The van der Waals surface area contributed by atoms with Crippen LogP contribution in [-0.4, -0.2) is 99.7 Å². The number of nitrogens with one attached hydrogen (secondary N) is 4. The van der Waals surface area contributed by atoms with Crippen molar-refractivity contribution in [3.63, 3.8) is 0 Å². The number of ether oxygens (including phenoxy) is 3. The molecule has 4 aliphatic rings. The molecule has 4 amide bonds. The highest BCUT2D eigenvalue weighted by Gasteiger charge is 2.39. The Hall–Kier alpha value is -6.06. The van der Waals surface area contributed by atoms with Crippen molar-refractivity contribution in [1.29, 1.82) is 0 Å². The zero-order valence-corrected chi connectivity index (χ0v) is 34.5. The van der Waals surface area contributed by atoms with Crippen LogP contribution in [0, 0.1) is 11.8 Å². The Morgan fingerprint density at radius 3 is 1.83 bits per heavy atom. The number of H-pyrrole nitrogens is 2. The molecular formula is C43H53N9O7. The summed E-state index contributed by atoms with van der Waals surface area (Å²) >= 11 is 0. The van der Waals surface area contributed by atoms with Crippen LogP contribution in [0.15, 0.2) is 42.7 Å². The molecule has 4 aliphatic heterocycles. The number of amides is 4. The largest absolute Gasteiger partial charge is 0.453 e. The van der Waals surface area contributed by atoms with Gasteiger partial charge in [-0.2, -0.15) is 0 Å². The van der Waals surface area contributed by atoms with Gasteiger partial charge in [0.2, 0.25) is 11.8 Å². The number of carbonyl (C=O) groups is 4. The molecule has 4 N–H and O–H groups in total. The van der Waals surface area contributed by atoms with E-state index in [1.165, 1.54) is 19.8 Å². The summed E-state index contributed by atoms with van der Waals surface area (Å²) < 4.78 is 16.2. The first kappa shape index (κ1) is 39.8. The van der Waals surface area contributed by atoms with Gasteiger partial charge in [0, 0.05) is 30.8 Å². The fourth-order valence-corrected chi connectivity index (χ4v) is 8.97. The topological polar surface area (TPSA) is 187 Å². The van der Waals surface area contributed by atoms with Crippen molar-refractivity contribution in [1.82, 2.24) is 40.4 Å². The first-order valence-electron chi connectivity index (χ1n) is 20.6. The summed E-state index contributed by atoms with van der Waals surface area (Å²) in [6, 6.07) is 8.52. The predicted octanol–water partition coefficient (Wildman–Crippen LogP) is 6.75. The second-order valence-electron chi connectivity index (χ2n) is 16.5. The van der Waals surface area contributed by atoms with Gasteiger partial charge in [-0.3, -0.25) is 9.59 Å². The Bertz CT molecular complexity index is 2250. The van der Waals surface area contributed by atoms with E-state index in [1.54, 1.807) is 0 Å². The van der Waals surface area contributed by atoms with Crippen molar-refractivity contribution in [2.24, 2.45) is 11.8 Å². The summed E-state index contributed by atoms with van der Waals surface area (Å²) in [6.07, 6.45) is 7.44. The zero-order valence-electron chi connectivity index (χ0n) is 34.5. The molecular weight excluding hydrogens is 755 g/mol. The van der Waals surface area contributed by atoms with Gasteiger partial charge in [0.15, 0.2) is 11.5 Å². The van der Waals surface area contributed by atoms with E-state index in [4.69, 9.17) is 24.2 Å². The van der Waals surface area contributed by atoms with Crippen molar-refractivity contribution in [3.8, 4) is 34.0 Å². The lowest BCUT2D eigenvalue weighted by Gasteiger charge is -2.38. The fourth-order valence-electron chi connectivity index (χ4n) is 8.97. The minimum absolute atomic E-state index is 0.118. The Balaban J connectivity index is 1.01. The number of alkyl carbamates (subject to hydrolysis) is 2. The molecule has 0 saturated carbocycles. The molecule has 2 aromatic carbocycles. The maximum atomic E-state index is 13.7. The number of hydrogen-bond acceptors (Lipinski definition) is 10. The molecule has 6 heterocycles. The van der Waals surface area contributed by atoms with Crippen LogP contribution in [0.2, 0.25) is 0 Å². The Labute approximate surface area is 343 Å². The maximum Gasteiger partial charge on any atom is 0.407 e. The van der Waals surface area contributed by atoms with Crippen LogP contribution in [0.5, 0.6) is 11.5 Å². The van der Waals surface area contributed by atoms with Crippen molar-refractivity contribution in [3.05, 3.63) is 59.9 Å². The SMILES string of the molecule is COC(=O)NC(C(=O)N1CCCC1c1ncc(-c2cc3c4c(c2)Oc2ccc(-c5cnc(C6CCCN6C(=O)C(NC(=O)OC)C(C)C)[nH]5)cc2N4CCC3)[nH]1)C(C)C. The molecule has 59 heavy (non-hydrogen) atoms. The van der Waals surface area contributed by atoms with Crippen molar-refractivity contribution in [2.75, 3.05) is 38.8 Å². The van der Waals surface area contributed by atoms with Crippen LogP contribution >= 0.6 is 0 Å². The summed E-state index contributed by atoms with van der Waals surface area (Å²) in [6.45, 7) is 9.62. The third kappa shape index (κ3) is 7.56. The van der Waals surface area contributed by atoms with E-state index >= 15 is 0 Å². The lowest BCUT2D eigenvalue weighted by Crippen LogP contribution is -2.51. The van der Waals surface area contributed by atoms with Gasteiger partial charge in [0.05, 0.1) is 61.5 Å². The van der Waals surface area contributed by atoms with Gasteiger partial charge in [-0.15, -0.1) is 0 Å². The number of benzene rings is 2. The summed E-state index contributed by atoms with van der Waals surface area (Å²) in [4.78, 5) is 74.0.